The maximum atomic E-state index is 8.93. The van der Waals surface area contributed by atoms with Crippen LogP contribution in [-0.2, 0) is 0 Å². The summed E-state index contributed by atoms with van der Waals surface area (Å²) >= 11 is 0. The molecular weight excluding hydrogens is 136 g/mol. The highest BCUT2D eigenvalue weighted by molar-refractivity contribution is 4.82. The van der Waals surface area contributed by atoms with Gasteiger partial charge in [0.1, 0.15) is 0 Å². The molecule has 0 amide bonds. The number of rotatable bonds is 5. The van der Waals surface area contributed by atoms with Crippen LogP contribution in [0, 0.1) is 5.41 Å². The monoisotopic (exact) mass is 156 g/mol. The molecule has 0 aromatic heterocycles. The summed E-state index contributed by atoms with van der Waals surface area (Å²) in [5, 5.41) is 8.93. The minimum Gasteiger partial charge on any atom is -0.396 e. The van der Waals surface area contributed by atoms with Crippen molar-refractivity contribution >= 4 is 0 Å². The van der Waals surface area contributed by atoms with Crippen molar-refractivity contribution in [3.8, 4) is 0 Å². The second-order valence-electron chi connectivity index (χ2n) is 3.74. The van der Waals surface area contributed by atoms with Crippen LogP contribution in [0.3, 0.4) is 0 Å². The zero-order valence-electron chi connectivity index (χ0n) is 7.93. The number of aliphatic hydroxyl groups is 1. The summed E-state index contributed by atoms with van der Waals surface area (Å²) in [6.07, 6.45) is 7.63. The zero-order chi connectivity index (χ0) is 8.74. The second kappa shape index (κ2) is 5.36. The van der Waals surface area contributed by atoms with Gasteiger partial charge in [-0.15, -0.1) is 0 Å². The Morgan fingerprint density at radius 3 is 2.36 bits per heavy atom. The van der Waals surface area contributed by atoms with E-state index in [4.69, 9.17) is 5.11 Å². The largest absolute Gasteiger partial charge is 0.396 e. The molecule has 1 heteroatoms. The van der Waals surface area contributed by atoms with Gasteiger partial charge in [-0.1, -0.05) is 32.9 Å². The van der Waals surface area contributed by atoms with E-state index in [1.807, 2.05) is 0 Å². The lowest BCUT2D eigenvalue weighted by atomic mass is 9.89. The third kappa shape index (κ3) is 6.11. The van der Waals surface area contributed by atoms with Crippen LogP contribution in [-0.4, -0.2) is 11.7 Å². The maximum absolute atomic E-state index is 8.93. The van der Waals surface area contributed by atoms with Crippen molar-refractivity contribution in [2.24, 2.45) is 5.41 Å². The predicted molar refractivity (Wildman–Crippen MR) is 49.5 cm³/mol. The molecule has 0 bridgehead atoms. The first-order chi connectivity index (χ1) is 5.12. The topological polar surface area (TPSA) is 20.2 Å². The zero-order valence-corrected chi connectivity index (χ0v) is 7.93. The van der Waals surface area contributed by atoms with Gasteiger partial charge in [-0.05, 0) is 24.7 Å². The number of aliphatic hydroxyl groups excluding tert-OH is 1. The van der Waals surface area contributed by atoms with Crippen LogP contribution in [0.25, 0.3) is 0 Å². The lowest BCUT2D eigenvalue weighted by molar-refractivity contribution is 0.151. The Morgan fingerprint density at radius 1 is 1.27 bits per heavy atom. The molecule has 0 unspecified atom stereocenters. The smallest absolute Gasteiger partial charge is 0.0482 e. The number of hydrogen-bond donors (Lipinski definition) is 1. The Balaban J connectivity index is 3.45. The Hall–Kier alpha value is -0.300. The third-order valence-corrected chi connectivity index (χ3v) is 1.82. The van der Waals surface area contributed by atoms with Crippen LogP contribution < -0.4 is 0 Å². The van der Waals surface area contributed by atoms with Gasteiger partial charge >= 0.3 is 0 Å². The SMILES string of the molecule is CC/C=C/CCC(C)(C)CO. The fraction of sp³-hybridized carbons (Fsp3) is 0.800. The Morgan fingerprint density at radius 2 is 1.91 bits per heavy atom. The summed E-state index contributed by atoms with van der Waals surface area (Å²) < 4.78 is 0. The van der Waals surface area contributed by atoms with Gasteiger partial charge in [-0.25, -0.2) is 0 Å². The van der Waals surface area contributed by atoms with Gasteiger partial charge < -0.3 is 5.11 Å². The van der Waals surface area contributed by atoms with Crippen LogP contribution in [0.2, 0.25) is 0 Å². The van der Waals surface area contributed by atoms with E-state index in [0.717, 1.165) is 19.3 Å². The highest BCUT2D eigenvalue weighted by Crippen LogP contribution is 2.20. The summed E-state index contributed by atoms with van der Waals surface area (Å²) in [6.45, 7) is 6.60. The first-order valence-electron chi connectivity index (χ1n) is 4.38. The van der Waals surface area contributed by atoms with Crippen LogP contribution in [0.15, 0.2) is 12.2 Å². The summed E-state index contributed by atoms with van der Waals surface area (Å²) in [7, 11) is 0. The number of allylic oxidation sites excluding steroid dienone is 2. The molecule has 0 atom stereocenters. The highest BCUT2D eigenvalue weighted by Gasteiger charge is 2.14. The molecule has 0 aliphatic carbocycles. The van der Waals surface area contributed by atoms with Crippen molar-refractivity contribution in [2.75, 3.05) is 6.61 Å². The molecule has 0 aliphatic heterocycles. The van der Waals surface area contributed by atoms with Gasteiger partial charge in [-0.2, -0.15) is 0 Å². The van der Waals surface area contributed by atoms with Gasteiger partial charge in [0, 0.05) is 6.61 Å². The molecule has 1 nitrogen and oxygen atoms in total. The molecule has 0 spiro atoms. The van der Waals surface area contributed by atoms with E-state index >= 15 is 0 Å². The molecule has 0 radical (unpaired) electrons. The molecule has 0 fully saturated rings. The molecule has 0 saturated heterocycles. The van der Waals surface area contributed by atoms with E-state index in [1.54, 1.807) is 0 Å². The van der Waals surface area contributed by atoms with Crippen molar-refractivity contribution in [3.05, 3.63) is 12.2 Å². The first-order valence-corrected chi connectivity index (χ1v) is 4.38. The Kier molecular flexibility index (Phi) is 5.22. The summed E-state index contributed by atoms with van der Waals surface area (Å²) in [5.74, 6) is 0. The van der Waals surface area contributed by atoms with Crippen LogP contribution >= 0.6 is 0 Å². The average molecular weight is 156 g/mol. The van der Waals surface area contributed by atoms with Gasteiger partial charge in [-0.3, -0.25) is 0 Å². The van der Waals surface area contributed by atoms with Crippen LogP contribution in [0.5, 0.6) is 0 Å². The highest BCUT2D eigenvalue weighted by atomic mass is 16.3. The van der Waals surface area contributed by atoms with E-state index in [9.17, 15) is 0 Å². The Bertz CT molecular complexity index is 114. The van der Waals surface area contributed by atoms with Crippen molar-refractivity contribution in [1.29, 1.82) is 0 Å². The van der Waals surface area contributed by atoms with Crippen LogP contribution in [0.4, 0.5) is 0 Å². The molecular formula is C10H20O. The van der Waals surface area contributed by atoms with Crippen molar-refractivity contribution < 1.29 is 5.11 Å². The maximum Gasteiger partial charge on any atom is 0.0482 e. The standard InChI is InChI=1S/C10H20O/c1-4-5-6-7-8-10(2,3)9-11/h5-6,11H,4,7-9H2,1-3H3/b6-5+. The molecule has 0 aromatic carbocycles. The molecule has 66 valence electrons. The molecule has 11 heavy (non-hydrogen) atoms. The summed E-state index contributed by atoms with van der Waals surface area (Å²) in [6, 6.07) is 0. The van der Waals surface area contributed by atoms with Gasteiger partial charge in [0.05, 0.1) is 0 Å². The lowest BCUT2D eigenvalue weighted by Crippen LogP contribution is -2.15. The normalized spacial score (nSPS) is 12.7. The summed E-state index contributed by atoms with van der Waals surface area (Å²) in [4.78, 5) is 0. The van der Waals surface area contributed by atoms with E-state index in [1.165, 1.54) is 0 Å². The predicted octanol–water partition coefficient (Wildman–Crippen LogP) is 2.75. The van der Waals surface area contributed by atoms with E-state index in [2.05, 4.69) is 32.9 Å². The van der Waals surface area contributed by atoms with E-state index in [0.29, 0.717) is 0 Å². The van der Waals surface area contributed by atoms with Gasteiger partial charge in [0.2, 0.25) is 0 Å². The van der Waals surface area contributed by atoms with E-state index in [-0.39, 0.29) is 12.0 Å². The fourth-order valence-corrected chi connectivity index (χ4v) is 0.838. The third-order valence-electron chi connectivity index (χ3n) is 1.82. The minimum absolute atomic E-state index is 0.0953. The second-order valence-corrected chi connectivity index (χ2v) is 3.74. The van der Waals surface area contributed by atoms with Crippen molar-refractivity contribution in [3.63, 3.8) is 0 Å². The van der Waals surface area contributed by atoms with Crippen molar-refractivity contribution in [1.82, 2.24) is 0 Å². The Labute approximate surface area is 70.1 Å². The first kappa shape index (κ1) is 10.7. The van der Waals surface area contributed by atoms with Crippen LogP contribution in [0.1, 0.15) is 40.0 Å². The fourth-order valence-electron chi connectivity index (χ4n) is 0.838. The quantitative estimate of drug-likeness (QED) is 0.607. The summed E-state index contributed by atoms with van der Waals surface area (Å²) in [5.41, 5.74) is 0.0953. The molecule has 1 N–H and O–H groups in total. The minimum atomic E-state index is 0.0953. The van der Waals surface area contributed by atoms with E-state index < -0.39 is 0 Å². The van der Waals surface area contributed by atoms with Crippen molar-refractivity contribution in [2.45, 2.75) is 40.0 Å². The van der Waals surface area contributed by atoms with Gasteiger partial charge in [0.15, 0.2) is 0 Å². The average Bonchev–Trinajstić information content (AvgIpc) is 1.99. The molecule has 0 aliphatic rings. The molecule has 0 saturated carbocycles. The lowest BCUT2D eigenvalue weighted by Gasteiger charge is -2.19. The number of hydrogen-bond acceptors (Lipinski definition) is 1. The molecule has 0 heterocycles. The molecule has 0 rings (SSSR count). The molecule has 0 aromatic rings. The van der Waals surface area contributed by atoms with Gasteiger partial charge in [0.25, 0.3) is 0 Å².